The molecule has 5 heteroatoms. The molecule has 1 rings (SSSR count). The zero-order chi connectivity index (χ0) is 12.7. The summed E-state index contributed by atoms with van der Waals surface area (Å²) < 4.78 is 0. The van der Waals surface area contributed by atoms with Gasteiger partial charge in [-0.25, -0.2) is 0 Å². The Hall–Kier alpha value is -2.00. The highest BCUT2D eigenvalue weighted by Gasteiger charge is 2.05. The summed E-state index contributed by atoms with van der Waals surface area (Å²) >= 11 is 0. The van der Waals surface area contributed by atoms with Crippen LogP contribution in [-0.4, -0.2) is 19.0 Å². The second kappa shape index (κ2) is 6.55. The summed E-state index contributed by atoms with van der Waals surface area (Å²) in [5, 5.41) is 6.02. The van der Waals surface area contributed by atoms with Crippen molar-refractivity contribution in [1.82, 2.24) is 5.32 Å². The summed E-state index contributed by atoms with van der Waals surface area (Å²) in [5.41, 5.74) is 9.90. The van der Waals surface area contributed by atoms with Crippen LogP contribution in [0, 0.1) is 0 Å². The molecule has 0 aliphatic rings. The predicted molar refractivity (Wildman–Crippen MR) is 66.9 cm³/mol. The van der Waals surface area contributed by atoms with E-state index in [0.29, 0.717) is 18.0 Å². The number of hydrogen-bond donors (Lipinski definition) is 1. The molecule has 0 atom stereocenters. The Balaban J connectivity index is 2.54. The largest absolute Gasteiger partial charge is 0.352 e. The van der Waals surface area contributed by atoms with Crippen molar-refractivity contribution >= 4 is 5.91 Å². The SMILES string of the molecule is CC(C)c1ccc(C(=O)NCCN=[N+]=[N-])cc1. The van der Waals surface area contributed by atoms with Crippen molar-refractivity contribution in [3.63, 3.8) is 0 Å². The van der Waals surface area contributed by atoms with Crippen LogP contribution in [0.4, 0.5) is 0 Å². The van der Waals surface area contributed by atoms with Gasteiger partial charge in [0.05, 0.1) is 0 Å². The topological polar surface area (TPSA) is 77.9 Å². The van der Waals surface area contributed by atoms with Crippen molar-refractivity contribution in [1.29, 1.82) is 0 Å². The number of amides is 1. The van der Waals surface area contributed by atoms with Crippen molar-refractivity contribution in [2.24, 2.45) is 5.11 Å². The average Bonchev–Trinajstić information content (AvgIpc) is 2.34. The van der Waals surface area contributed by atoms with E-state index in [2.05, 4.69) is 29.2 Å². The van der Waals surface area contributed by atoms with Crippen molar-refractivity contribution in [2.75, 3.05) is 13.1 Å². The highest BCUT2D eigenvalue weighted by Crippen LogP contribution is 2.14. The third-order valence-corrected chi connectivity index (χ3v) is 2.40. The number of nitrogens with one attached hydrogen (secondary N) is 1. The van der Waals surface area contributed by atoms with Gasteiger partial charge in [-0.3, -0.25) is 4.79 Å². The molecule has 5 nitrogen and oxygen atoms in total. The number of benzene rings is 1. The number of carbonyl (C=O) groups excluding carboxylic acids is 1. The van der Waals surface area contributed by atoms with Crippen LogP contribution in [0.3, 0.4) is 0 Å². The van der Waals surface area contributed by atoms with E-state index in [4.69, 9.17) is 5.53 Å². The maximum atomic E-state index is 11.6. The number of rotatable bonds is 5. The van der Waals surface area contributed by atoms with Gasteiger partial charge in [0.15, 0.2) is 0 Å². The van der Waals surface area contributed by atoms with Gasteiger partial charge in [-0.15, -0.1) is 0 Å². The van der Waals surface area contributed by atoms with Crippen molar-refractivity contribution in [3.8, 4) is 0 Å². The average molecular weight is 232 g/mol. The van der Waals surface area contributed by atoms with E-state index in [0.717, 1.165) is 0 Å². The van der Waals surface area contributed by atoms with Crippen LogP contribution in [-0.2, 0) is 0 Å². The first-order valence-corrected chi connectivity index (χ1v) is 5.54. The van der Waals surface area contributed by atoms with E-state index >= 15 is 0 Å². The smallest absolute Gasteiger partial charge is 0.251 e. The monoisotopic (exact) mass is 232 g/mol. The molecule has 90 valence electrons. The zero-order valence-electron chi connectivity index (χ0n) is 10.1. The Morgan fingerprint density at radius 1 is 1.41 bits per heavy atom. The third-order valence-electron chi connectivity index (χ3n) is 2.40. The molecule has 17 heavy (non-hydrogen) atoms. The normalized spacial score (nSPS) is 9.82. The Bertz CT molecular complexity index is 419. The van der Waals surface area contributed by atoms with Crippen LogP contribution in [0.5, 0.6) is 0 Å². The Morgan fingerprint density at radius 2 is 2.06 bits per heavy atom. The minimum atomic E-state index is -0.145. The van der Waals surface area contributed by atoms with E-state index in [1.807, 2.05) is 12.1 Å². The Morgan fingerprint density at radius 3 is 2.59 bits per heavy atom. The van der Waals surface area contributed by atoms with Crippen molar-refractivity contribution < 1.29 is 4.79 Å². The predicted octanol–water partition coefficient (Wildman–Crippen LogP) is 2.85. The summed E-state index contributed by atoms with van der Waals surface area (Å²) in [7, 11) is 0. The Labute approximate surface area is 100 Å². The lowest BCUT2D eigenvalue weighted by Gasteiger charge is -2.07. The van der Waals surface area contributed by atoms with E-state index in [1.54, 1.807) is 12.1 Å². The molecule has 0 aliphatic carbocycles. The molecule has 0 radical (unpaired) electrons. The van der Waals surface area contributed by atoms with Gasteiger partial charge in [0.2, 0.25) is 0 Å². The minimum absolute atomic E-state index is 0.145. The number of carbonyl (C=O) groups is 1. The van der Waals surface area contributed by atoms with Crippen molar-refractivity contribution in [2.45, 2.75) is 19.8 Å². The summed E-state index contributed by atoms with van der Waals surface area (Å²) in [6.07, 6.45) is 0. The first kappa shape index (κ1) is 13.1. The highest BCUT2D eigenvalue weighted by molar-refractivity contribution is 5.94. The van der Waals surface area contributed by atoms with Gasteiger partial charge in [-0.05, 0) is 29.1 Å². The Kier molecular flexibility index (Phi) is 5.04. The van der Waals surface area contributed by atoms with Crippen molar-refractivity contribution in [3.05, 3.63) is 45.8 Å². The fourth-order valence-electron chi connectivity index (χ4n) is 1.39. The van der Waals surface area contributed by atoms with Crippen LogP contribution in [0.2, 0.25) is 0 Å². The lowest BCUT2D eigenvalue weighted by molar-refractivity contribution is 0.0955. The molecule has 1 amide bonds. The van der Waals surface area contributed by atoms with Crippen LogP contribution >= 0.6 is 0 Å². The maximum absolute atomic E-state index is 11.6. The van der Waals surface area contributed by atoms with Gasteiger partial charge in [0.1, 0.15) is 0 Å². The van der Waals surface area contributed by atoms with Crippen LogP contribution in [0.25, 0.3) is 10.4 Å². The fraction of sp³-hybridized carbons (Fsp3) is 0.417. The van der Waals surface area contributed by atoms with Crippen LogP contribution < -0.4 is 5.32 Å². The van der Waals surface area contributed by atoms with Gasteiger partial charge in [-0.2, -0.15) is 0 Å². The molecule has 0 saturated carbocycles. The molecule has 0 unspecified atom stereocenters. The van der Waals surface area contributed by atoms with Gasteiger partial charge in [-0.1, -0.05) is 31.1 Å². The van der Waals surface area contributed by atoms with E-state index in [-0.39, 0.29) is 12.5 Å². The van der Waals surface area contributed by atoms with E-state index in [1.165, 1.54) is 5.56 Å². The lowest BCUT2D eigenvalue weighted by Crippen LogP contribution is -2.25. The molecule has 0 bridgehead atoms. The second-order valence-corrected chi connectivity index (χ2v) is 3.99. The number of nitrogens with zero attached hydrogens (tertiary/aromatic N) is 3. The summed E-state index contributed by atoms with van der Waals surface area (Å²) in [4.78, 5) is 14.3. The molecule has 1 aromatic rings. The zero-order valence-corrected chi connectivity index (χ0v) is 10.1. The molecular weight excluding hydrogens is 216 g/mol. The van der Waals surface area contributed by atoms with E-state index in [9.17, 15) is 4.79 Å². The highest BCUT2D eigenvalue weighted by atomic mass is 16.1. The van der Waals surface area contributed by atoms with Gasteiger partial charge < -0.3 is 5.32 Å². The maximum Gasteiger partial charge on any atom is 0.251 e. The molecule has 1 N–H and O–H groups in total. The minimum Gasteiger partial charge on any atom is -0.352 e. The lowest BCUT2D eigenvalue weighted by atomic mass is 10.0. The molecule has 1 aromatic carbocycles. The second-order valence-electron chi connectivity index (χ2n) is 3.99. The summed E-state index contributed by atoms with van der Waals surface area (Å²) in [5.74, 6) is 0.311. The summed E-state index contributed by atoms with van der Waals surface area (Å²) in [6.45, 7) is 4.84. The molecule has 0 saturated heterocycles. The molecule has 0 fully saturated rings. The van der Waals surface area contributed by atoms with Gasteiger partial charge in [0, 0.05) is 23.6 Å². The van der Waals surface area contributed by atoms with Crippen LogP contribution in [0.1, 0.15) is 35.7 Å². The van der Waals surface area contributed by atoms with Gasteiger partial charge in [0.25, 0.3) is 5.91 Å². The number of azide groups is 1. The third kappa shape index (κ3) is 4.17. The number of hydrogen-bond acceptors (Lipinski definition) is 2. The molecular formula is C12H16N4O. The van der Waals surface area contributed by atoms with Gasteiger partial charge >= 0.3 is 0 Å². The van der Waals surface area contributed by atoms with Crippen LogP contribution in [0.15, 0.2) is 29.4 Å². The fourth-order valence-corrected chi connectivity index (χ4v) is 1.39. The molecule has 0 heterocycles. The van der Waals surface area contributed by atoms with E-state index < -0.39 is 0 Å². The quantitative estimate of drug-likeness (QED) is 0.360. The summed E-state index contributed by atoms with van der Waals surface area (Å²) in [6, 6.07) is 7.51. The first-order chi connectivity index (χ1) is 8.15. The standard InChI is InChI=1S/C12H16N4O/c1-9(2)10-3-5-11(6-4-10)12(17)14-7-8-15-16-13/h3-6,9H,7-8H2,1-2H3,(H,14,17). The molecule has 0 aromatic heterocycles. The molecule has 0 spiro atoms. The first-order valence-electron chi connectivity index (χ1n) is 5.54. The molecule has 0 aliphatic heterocycles.